The summed E-state index contributed by atoms with van der Waals surface area (Å²) in [5.41, 5.74) is -1.78. The Kier molecular flexibility index (Phi) is 4.91. The molecule has 8 heteroatoms. The summed E-state index contributed by atoms with van der Waals surface area (Å²) in [6.45, 7) is 4.15. The maximum atomic E-state index is 13.9. The first kappa shape index (κ1) is 23.4. The average molecular weight is 498 g/mol. The molecule has 4 heterocycles. The second-order valence-corrected chi connectivity index (χ2v) is 11.3. The molecule has 2 spiro atoms. The number of rotatable bonds is 2. The highest BCUT2D eigenvalue weighted by molar-refractivity contribution is 6.07. The highest BCUT2D eigenvalue weighted by Gasteiger charge is 2.74. The molecule has 4 atom stereocenters. The minimum Gasteiger partial charge on any atom is -0.339 e. The number of carbonyl (C=O) groups excluding carboxylic acids is 3. The van der Waals surface area contributed by atoms with Gasteiger partial charge in [0.15, 0.2) is 0 Å². The smallest absolute Gasteiger partial charge is 0.274 e. The van der Waals surface area contributed by atoms with Gasteiger partial charge in [0.05, 0.1) is 10.8 Å². The number of hydrogen-bond donors (Lipinski definition) is 1. The van der Waals surface area contributed by atoms with Crippen LogP contribution in [0.1, 0.15) is 62.1 Å². The molecule has 2 aromatic rings. The summed E-state index contributed by atoms with van der Waals surface area (Å²) in [6.07, 6.45) is 1.82. The van der Waals surface area contributed by atoms with Crippen LogP contribution in [0, 0.1) is 33.3 Å². The lowest BCUT2D eigenvalue weighted by atomic mass is 9.48. The zero-order valence-electron chi connectivity index (χ0n) is 20.7. The molecule has 2 aromatic carbocycles. The molecule has 7 rings (SSSR count). The predicted molar refractivity (Wildman–Crippen MR) is 134 cm³/mol. The largest absolute Gasteiger partial charge is 0.339 e. The highest BCUT2D eigenvalue weighted by atomic mass is 16.6. The van der Waals surface area contributed by atoms with E-state index in [1.54, 1.807) is 17.0 Å². The van der Waals surface area contributed by atoms with Gasteiger partial charge in [-0.3, -0.25) is 24.5 Å². The van der Waals surface area contributed by atoms with Crippen molar-refractivity contribution in [2.24, 2.45) is 11.3 Å². The number of fused-ring (bicyclic) bond motifs is 1. The number of piperazine rings is 1. The van der Waals surface area contributed by atoms with Crippen molar-refractivity contribution in [3.05, 3.63) is 75.3 Å². The van der Waals surface area contributed by atoms with Crippen LogP contribution in [0.15, 0.2) is 48.5 Å². The molecular weight excluding hydrogens is 470 g/mol. The molecule has 1 aliphatic carbocycles. The standard InChI is InChI=1S/C29H27N3O5/c1-27(2)23-17-28-13-6-14-31(28)26(35)29(23,30-25(28)34)16-21(24(27)33)20-12-11-19(15-22(20)32(36)37)10-9-18-7-4-3-5-8-18/h3-5,7-8,11-12,15,21,23H,6,13-14,16-17H2,1-2H3,(H,30,34). The first-order valence-corrected chi connectivity index (χ1v) is 12.6. The van der Waals surface area contributed by atoms with Gasteiger partial charge in [-0.15, -0.1) is 0 Å². The van der Waals surface area contributed by atoms with E-state index in [1.807, 2.05) is 44.2 Å². The molecule has 5 fully saturated rings. The number of Topliss-reactive ketones (excluding diaryl/α,β-unsaturated/α-hetero) is 1. The molecule has 4 saturated heterocycles. The lowest BCUT2D eigenvalue weighted by molar-refractivity contribution is -0.385. The molecule has 0 aromatic heterocycles. The Bertz CT molecular complexity index is 1440. The predicted octanol–water partition coefficient (Wildman–Crippen LogP) is 3.33. The second kappa shape index (κ2) is 7.75. The van der Waals surface area contributed by atoms with E-state index in [-0.39, 0.29) is 41.2 Å². The van der Waals surface area contributed by atoms with E-state index in [4.69, 9.17) is 0 Å². The van der Waals surface area contributed by atoms with Crippen LogP contribution in [0.3, 0.4) is 0 Å². The summed E-state index contributed by atoms with van der Waals surface area (Å²) in [4.78, 5) is 54.5. The molecule has 4 aliphatic heterocycles. The number of piperidine rings is 2. The van der Waals surface area contributed by atoms with Crippen molar-refractivity contribution < 1.29 is 19.3 Å². The number of ketones is 1. The van der Waals surface area contributed by atoms with Crippen LogP contribution < -0.4 is 5.32 Å². The van der Waals surface area contributed by atoms with Crippen molar-refractivity contribution in [1.82, 2.24) is 10.2 Å². The lowest BCUT2D eigenvalue weighted by Gasteiger charge is -2.64. The number of nitrogens with zero attached hydrogens (tertiary/aromatic N) is 2. The van der Waals surface area contributed by atoms with Crippen molar-refractivity contribution in [2.75, 3.05) is 6.54 Å². The normalized spacial score (nSPS) is 31.2. The van der Waals surface area contributed by atoms with Crippen LogP contribution in [0.2, 0.25) is 0 Å². The summed E-state index contributed by atoms with van der Waals surface area (Å²) < 4.78 is 0. The van der Waals surface area contributed by atoms with Crippen molar-refractivity contribution in [2.45, 2.75) is 56.5 Å². The minimum atomic E-state index is -1.25. The van der Waals surface area contributed by atoms with E-state index in [9.17, 15) is 24.5 Å². The maximum Gasteiger partial charge on any atom is 0.274 e. The number of nitrogens with one attached hydrogen (secondary N) is 1. The van der Waals surface area contributed by atoms with Gasteiger partial charge in [-0.2, -0.15) is 0 Å². The third kappa shape index (κ3) is 3.13. The van der Waals surface area contributed by atoms with Crippen molar-refractivity contribution in [1.29, 1.82) is 0 Å². The van der Waals surface area contributed by atoms with Gasteiger partial charge in [-0.25, -0.2) is 0 Å². The quantitative estimate of drug-likeness (QED) is 0.389. The van der Waals surface area contributed by atoms with E-state index in [0.717, 1.165) is 12.0 Å². The Labute approximate surface area is 214 Å². The molecule has 1 saturated carbocycles. The molecule has 5 aliphatic rings. The summed E-state index contributed by atoms with van der Waals surface area (Å²) in [5, 5.41) is 15.2. The number of hydrogen-bond acceptors (Lipinski definition) is 5. The Hall–Kier alpha value is -3.99. The molecule has 8 nitrogen and oxygen atoms in total. The fraction of sp³-hybridized carbons (Fsp3) is 0.414. The van der Waals surface area contributed by atoms with Gasteiger partial charge in [0.25, 0.3) is 5.69 Å². The molecule has 4 unspecified atom stereocenters. The topological polar surface area (TPSA) is 110 Å². The van der Waals surface area contributed by atoms with Crippen LogP contribution in [-0.2, 0) is 14.4 Å². The number of benzene rings is 2. The Morgan fingerprint density at radius 2 is 1.76 bits per heavy atom. The van der Waals surface area contributed by atoms with Crippen molar-refractivity contribution in [3.63, 3.8) is 0 Å². The zero-order valence-corrected chi connectivity index (χ0v) is 20.7. The van der Waals surface area contributed by atoms with E-state index in [2.05, 4.69) is 17.2 Å². The lowest BCUT2D eigenvalue weighted by Crippen LogP contribution is -2.84. The fourth-order valence-corrected chi connectivity index (χ4v) is 7.26. The van der Waals surface area contributed by atoms with Crippen molar-refractivity contribution >= 4 is 23.3 Å². The molecule has 2 bridgehead atoms. The van der Waals surface area contributed by atoms with Crippen LogP contribution in [0.25, 0.3) is 0 Å². The monoisotopic (exact) mass is 497 g/mol. The number of nitro benzene ring substituents is 1. The van der Waals surface area contributed by atoms with E-state index in [0.29, 0.717) is 24.9 Å². The van der Waals surface area contributed by atoms with E-state index in [1.165, 1.54) is 6.07 Å². The van der Waals surface area contributed by atoms with Crippen LogP contribution in [0.5, 0.6) is 0 Å². The third-order valence-corrected chi connectivity index (χ3v) is 9.09. The number of amides is 2. The number of nitro groups is 1. The molecule has 188 valence electrons. The average Bonchev–Trinajstić information content (AvgIpc) is 3.32. The van der Waals surface area contributed by atoms with E-state index < -0.39 is 27.3 Å². The molecular formula is C29H27N3O5. The molecule has 37 heavy (non-hydrogen) atoms. The van der Waals surface area contributed by atoms with Gasteiger partial charge in [0.1, 0.15) is 16.9 Å². The summed E-state index contributed by atoms with van der Waals surface area (Å²) in [7, 11) is 0. The third-order valence-electron chi connectivity index (χ3n) is 9.09. The van der Waals surface area contributed by atoms with Gasteiger partial charge >= 0.3 is 0 Å². The Morgan fingerprint density at radius 1 is 1.03 bits per heavy atom. The van der Waals surface area contributed by atoms with Crippen LogP contribution in [0.4, 0.5) is 5.69 Å². The zero-order chi connectivity index (χ0) is 26.2. The summed E-state index contributed by atoms with van der Waals surface area (Å²) in [6, 6.07) is 14.0. The van der Waals surface area contributed by atoms with Gasteiger partial charge in [-0.05, 0) is 43.9 Å². The SMILES string of the molecule is CC1(C)C(=O)C(c2ccc(C#Cc3ccccc3)cc2[N+](=O)[O-])CC23NC(=O)C4(CCCN4C2=O)CC13. The van der Waals surface area contributed by atoms with Crippen LogP contribution >= 0.6 is 0 Å². The molecule has 0 radical (unpaired) electrons. The van der Waals surface area contributed by atoms with E-state index >= 15 is 0 Å². The molecule has 2 amide bonds. The van der Waals surface area contributed by atoms with Crippen LogP contribution in [-0.4, -0.2) is 45.0 Å². The van der Waals surface area contributed by atoms with Crippen molar-refractivity contribution in [3.8, 4) is 11.8 Å². The molecule has 1 N–H and O–H groups in total. The van der Waals surface area contributed by atoms with Gasteiger partial charge in [0, 0.05) is 40.6 Å². The Balaban J connectivity index is 1.43. The Morgan fingerprint density at radius 3 is 2.49 bits per heavy atom. The summed E-state index contributed by atoms with van der Waals surface area (Å²) >= 11 is 0. The highest BCUT2D eigenvalue weighted by Crippen LogP contribution is 2.60. The van der Waals surface area contributed by atoms with Gasteiger partial charge in [0.2, 0.25) is 11.8 Å². The fourth-order valence-electron chi connectivity index (χ4n) is 7.26. The minimum absolute atomic E-state index is 0.0208. The van der Waals surface area contributed by atoms with Gasteiger partial charge in [-0.1, -0.05) is 50.0 Å². The van der Waals surface area contributed by atoms with Gasteiger partial charge < -0.3 is 10.2 Å². The first-order chi connectivity index (χ1) is 17.6. The maximum absolute atomic E-state index is 13.9. The number of carbonyl (C=O) groups is 3. The second-order valence-electron chi connectivity index (χ2n) is 11.3. The summed E-state index contributed by atoms with van der Waals surface area (Å²) in [5.74, 6) is 4.25. The first-order valence-electron chi connectivity index (χ1n) is 12.6.